The van der Waals surface area contributed by atoms with Crippen molar-refractivity contribution in [3.63, 3.8) is 0 Å². The summed E-state index contributed by atoms with van der Waals surface area (Å²) in [4.78, 5) is 35.6. The van der Waals surface area contributed by atoms with Crippen molar-refractivity contribution in [2.24, 2.45) is 17.5 Å². The number of fused-ring (bicyclic) bond motifs is 4. The zero-order valence-corrected chi connectivity index (χ0v) is 25.4. The molecule has 5 N–H and O–H groups in total. The summed E-state index contributed by atoms with van der Waals surface area (Å²) in [7, 11) is 0. The second kappa shape index (κ2) is 12.9. The smallest absolute Gasteiger partial charge is 0.393 e. The lowest BCUT2D eigenvalue weighted by Gasteiger charge is -2.24. The number of nitrogens with one attached hydrogen (secondary N) is 1. The van der Waals surface area contributed by atoms with E-state index in [0.717, 1.165) is 5.56 Å². The first-order chi connectivity index (χ1) is 21.3. The number of amides is 1. The molecule has 234 valence electrons. The van der Waals surface area contributed by atoms with Gasteiger partial charge in [0.2, 0.25) is 5.91 Å². The molecular formula is C31H28Cl2F3N7O2. The Morgan fingerprint density at radius 3 is 2.58 bits per heavy atom. The average Bonchev–Trinajstić information content (AvgIpc) is 2.98. The number of hydrazine groups is 1. The molecule has 2 bridgehead atoms. The first kappa shape index (κ1) is 32.0. The molecule has 2 aromatic heterocycles. The van der Waals surface area contributed by atoms with E-state index in [0.29, 0.717) is 52.4 Å². The van der Waals surface area contributed by atoms with Crippen LogP contribution >= 0.6 is 23.2 Å². The predicted molar refractivity (Wildman–Crippen MR) is 168 cm³/mol. The molecule has 2 atom stereocenters. The van der Waals surface area contributed by atoms with Crippen molar-refractivity contribution >= 4 is 40.5 Å². The number of halogens is 5. The highest BCUT2D eigenvalue weighted by Crippen LogP contribution is 2.35. The van der Waals surface area contributed by atoms with Crippen molar-refractivity contribution in [3.8, 4) is 22.5 Å². The summed E-state index contributed by atoms with van der Waals surface area (Å²) in [5.41, 5.74) is 6.33. The van der Waals surface area contributed by atoms with Gasteiger partial charge in [-0.15, -0.1) is 0 Å². The number of allylic oxidation sites excluding steroid dienone is 1. The Kier molecular flexibility index (Phi) is 9.19. The monoisotopic (exact) mass is 657 g/mol. The molecule has 0 fully saturated rings. The maximum Gasteiger partial charge on any atom is 0.432 e. The number of hydrogen-bond donors (Lipinski definition) is 3. The van der Waals surface area contributed by atoms with Gasteiger partial charge in [-0.3, -0.25) is 24.1 Å². The highest BCUT2D eigenvalue weighted by molar-refractivity contribution is 6.31. The minimum atomic E-state index is -4.79. The Morgan fingerprint density at radius 2 is 1.84 bits per heavy atom. The summed E-state index contributed by atoms with van der Waals surface area (Å²) >= 11 is 12.4. The van der Waals surface area contributed by atoms with Crippen LogP contribution in [0.4, 0.5) is 24.5 Å². The first-order valence-corrected chi connectivity index (χ1v) is 14.6. The Balaban J connectivity index is 1.57. The SMILES string of the molecule is CC1CCCC(n2cnc(-c3cc(Cl)ccc3N(N)/C=C(\N)C(F)(F)F)cc2=O)c2cccc(c2)-c2ncc(Cl)cc2NC1=O. The fourth-order valence-corrected chi connectivity index (χ4v) is 5.48. The van der Waals surface area contributed by atoms with Gasteiger partial charge >= 0.3 is 6.18 Å². The average molecular weight is 659 g/mol. The Labute approximate surface area is 266 Å². The van der Waals surface area contributed by atoms with Gasteiger partial charge in [0.15, 0.2) is 0 Å². The molecule has 1 aliphatic heterocycles. The molecule has 0 spiro atoms. The molecule has 45 heavy (non-hydrogen) atoms. The van der Waals surface area contributed by atoms with E-state index in [-0.39, 0.29) is 33.8 Å². The van der Waals surface area contributed by atoms with E-state index in [1.54, 1.807) is 6.07 Å². The van der Waals surface area contributed by atoms with Crippen molar-refractivity contribution < 1.29 is 18.0 Å². The second-order valence-corrected chi connectivity index (χ2v) is 11.6. The molecule has 3 heterocycles. The normalized spacial score (nSPS) is 17.5. The largest absolute Gasteiger partial charge is 0.432 e. The molecule has 5 rings (SSSR count). The van der Waals surface area contributed by atoms with Crippen molar-refractivity contribution in [2.75, 3.05) is 10.3 Å². The predicted octanol–water partition coefficient (Wildman–Crippen LogP) is 6.67. The third-order valence-corrected chi connectivity index (χ3v) is 7.95. The van der Waals surface area contributed by atoms with Crippen LogP contribution in [-0.4, -0.2) is 26.6 Å². The number of benzene rings is 2. The molecular weight excluding hydrogens is 630 g/mol. The lowest BCUT2D eigenvalue weighted by molar-refractivity contribution is -0.119. The molecule has 1 aliphatic rings. The Morgan fingerprint density at radius 1 is 1.07 bits per heavy atom. The van der Waals surface area contributed by atoms with Gasteiger partial charge in [-0.25, -0.2) is 10.8 Å². The summed E-state index contributed by atoms with van der Waals surface area (Å²) < 4.78 is 40.7. The van der Waals surface area contributed by atoms with Gasteiger partial charge in [0.25, 0.3) is 5.56 Å². The van der Waals surface area contributed by atoms with Crippen molar-refractivity contribution in [3.05, 3.63) is 105 Å². The summed E-state index contributed by atoms with van der Waals surface area (Å²) in [5.74, 6) is 5.43. The number of hydrogen-bond acceptors (Lipinski definition) is 7. The number of nitrogens with two attached hydrogens (primary N) is 2. The lowest BCUT2D eigenvalue weighted by atomic mass is 9.94. The second-order valence-electron chi connectivity index (χ2n) is 10.7. The van der Waals surface area contributed by atoms with Crippen LogP contribution in [0.25, 0.3) is 22.5 Å². The van der Waals surface area contributed by atoms with E-state index >= 15 is 0 Å². The third-order valence-electron chi connectivity index (χ3n) is 7.51. The van der Waals surface area contributed by atoms with Crippen LogP contribution in [0.2, 0.25) is 10.0 Å². The Hall–Kier alpha value is -4.39. The zero-order chi connectivity index (χ0) is 32.5. The van der Waals surface area contributed by atoms with Crippen molar-refractivity contribution in [1.29, 1.82) is 0 Å². The number of anilines is 2. The van der Waals surface area contributed by atoms with Crippen LogP contribution in [0.15, 0.2) is 83.8 Å². The maximum absolute atomic E-state index is 13.7. The maximum atomic E-state index is 13.7. The van der Waals surface area contributed by atoms with Crippen molar-refractivity contribution in [2.45, 2.75) is 38.4 Å². The van der Waals surface area contributed by atoms with E-state index in [9.17, 15) is 22.8 Å². The minimum absolute atomic E-state index is 0.0912. The van der Waals surface area contributed by atoms with Crippen LogP contribution in [0.3, 0.4) is 0 Å². The molecule has 1 amide bonds. The summed E-state index contributed by atoms with van der Waals surface area (Å²) in [5, 5.41) is 4.28. The molecule has 9 nitrogen and oxygen atoms in total. The van der Waals surface area contributed by atoms with E-state index in [2.05, 4.69) is 15.3 Å². The van der Waals surface area contributed by atoms with Gasteiger partial charge in [0.1, 0.15) is 5.70 Å². The van der Waals surface area contributed by atoms with Crippen LogP contribution in [0, 0.1) is 5.92 Å². The number of rotatable bonds is 4. The molecule has 0 aliphatic carbocycles. The topological polar surface area (TPSA) is 132 Å². The summed E-state index contributed by atoms with van der Waals surface area (Å²) in [6.07, 6.45) is 0.315. The van der Waals surface area contributed by atoms with Crippen LogP contribution in [-0.2, 0) is 4.79 Å². The zero-order valence-electron chi connectivity index (χ0n) is 23.9. The highest BCUT2D eigenvalue weighted by Gasteiger charge is 2.32. The molecule has 2 aromatic carbocycles. The van der Waals surface area contributed by atoms with Gasteiger partial charge in [-0.2, -0.15) is 13.2 Å². The lowest BCUT2D eigenvalue weighted by Crippen LogP contribution is -2.30. The number of nitrogens with zero attached hydrogens (tertiary/aromatic N) is 4. The number of aromatic nitrogens is 3. The fourth-order valence-electron chi connectivity index (χ4n) is 5.15. The standard InChI is InChI=1S/C31H28Cl2F3N7O2/c1-17-4-2-7-25(18-5-3-6-19(10-18)29-24(41-30(17)45)12-21(33)14-39-29)42-16-40-23(13-28(42)44)22-11-20(32)8-9-26(22)43(38)15-27(37)31(34,35)36/h3,5-6,8-17,25H,2,4,7,37-38H2,1H3,(H,41,45)/b27-15-. The molecule has 2 unspecified atom stereocenters. The van der Waals surface area contributed by atoms with Gasteiger partial charge in [0, 0.05) is 40.5 Å². The minimum Gasteiger partial charge on any atom is -0.393 e. The van der Waals surface area contributed by atoms with E-state index in [4.69, 9.17) is 34.8 Å². The van der Waals surface area contributed by atoms with E-state index in [1.165, 1.54) is 41.4 Å². The number of carbonyl (C=O) groups is 1. The number of pyridine rings is 1. The summed E-state index contributed by atoms with van der Waals surface area (Å²) in [6, 6.07) is 14.3. The molecule has 0 saturated heterocycles. The molecule has 14 heteroatoms. The first-order valence-electron chi connectivity index (χ1n) is 13.8. The summed E-state index contributed by atoms with van der Waals surface area (Å²) in [6.45, 7) is 1.83. The van der Waals surface area contributed by atoms with Crippen LogP contribution in [0.1, 0.15) is 37.8 Å². The number of alkyl halides is 3. The van der Waals surface area contributed by atoms with Crippen molar-refractivity contribution in [1.82, 2.24) is 14.5 Å². The van der Waals surface area contributed by atoms with E-state index < -0.39 is 23.5 Å². The van der Waals surface area contributed by atoms with Gasteiger partial charge < -0.3 is 11.1 Å². The van der Waals surface area contributed by atoms with Gasteiger partial charge in [0.05, 0.1) is 40.2 Å². The molecule has 0 radical (unpaired) electrons. The van der Waals surface area contributed by atoms with Gasteiger partial charge in [-0.1, -0.05) is 54.7 Å². The van der Waals surface area contributed by atoms with Crippen LogP contribution < -0.4 is 27.5 Å². The molecule has 4 aromatic rings. The number of carbonyl (C=O) groups excluding carboxylic acids is 1. The van der Waals surface area contributed by atoms with Gasteiger partial charge in [-0.05, 0) is 48.7 Å². The highest BCUT2D eigenvalue weighted by atomic mass is 35.5. The fraction of sp³-hybridized carbons (Fsp3) is 0.226. The third kappa shape index (κ3) is 7.14. The molecule has 0 saturated carbocycles. The quantitative estimate of drug-likeness (QED) is 0.165. The Bertz CT molecular complexity index is 1840. The van der Waals surface area contributed by atoms with E-state index in [1.807, 2.05) is 31.2 Å². The van der Waals surface area contributed by atoms with Crippen LogP contribution in [0.5, 0.6) is 0 Å².